The summed E-state index contributed by atoms with van der Waals surface area (Å²) in [5.41, 5.74) is 14.7. The lowest BCUT2D eigenvalue weighted by atomic mass is 10.1. The fourth-order valence-electron chi connectivity index (χ4n) is 4.97. The number of Topliss-reactive ketones (excluding diaryl/α,β-unsaturated/α-hetero) is 1. The van der Waals surface area contributed by atoms with Gasteiger partial charge in [0.2, 0.25) is 5.95 Å². The number of carbonyl (C=O) groups is 3. The number of carboxylic acid groups (broad SMARTS) is 1. The van der Waals surface area contributed by atoms with Gasteiger partial charge in [0.15, 0.2) is 17.0 Å². The molecule has 0 saturated heterocycles. The molecule has 3 aromatic heterocycles. The van der Waals surface area contributed by atoms with E-state index in [1.165, 1.54) is 0 Å². The van der Waals surface area contributed by atoms with Gasteiger partial charge in [-0.25, -0.2) is 14.8 Å². The second kappa shape index (κ2) is 19.2. The molecule has 3 heterocycles. The van der Waals surface area contributed by atoms with Gasteiger partial charge in [-0.15, -0.1) is 5.10 Å². The van der Waals surface area contributed by atoms with Crippen LogP contribution in [0.25, 0.3) is 11.2 Å². The molecule has 0 aliphatic carbocycles. The Morgan fingerprint density at radius 1 is 0.961 bits per heavy atom. The number of anilines is 3. The van der Waals surface area contributed by atoms with Gasteiger partial charge < -0.3 is 36.3 Å². The van der Waals surface area contributed by atoms with Crippen molar-refractivity contribution in [3.63, 3.8) is 0 Å². The Labute approximate surface area is 296 Å². The Morgan fingerprint density at radius 3 is 2.47 bits per heavy atom. The standard InChI is InChI=1S/C34H47N11O6/c1-22(2)11-16-51-17-12-24-21-45(43-42-24)14-4-15-50-18-13-27(46)9-10-28(33(48)49)39-32(47)23-5-7-26(8-6-23)44(3)20-25-19-37-31-29(38-25)30(35)40-34(36)41-31/h5-8,19,21-22,28H,4,9-18,20H2,1-3H3,(H,39,47)(H,48,49)(H4,35,36,37,40,41). The Hall–Kier alpha value is -5.29. The van der Waals surface area contributed by atoms with Crippen LogP contribution in [-0.4, -0.2) is 97.2 Å². The Morgan fingerprint density at radius 2 is 1.73 bits per heavy atom. The number of amides is 1. The molecule has 1 aromatic carbocycles. The number of carboxylic acids is 1. The van der Waals surface area contributed by atoms with Crippen molar-refractivity contribution in [2.24, 2.45) is 5.92 Å². The van der Waals surface area contributed by atoms with Gasteiger partial charge in [-0.2, -0.15) is 9.97 Å². The first-order valence-corrected chi connectivity index (χ1v) is 16.9. The van der Waals surface area contributed by atoms with Crippen LogP contribution in [0, 0.1) is 5.92 Å². The number of nitrogens with zero attached hydrogens (tertiary/aromatic N) is 8. The third-order valence-electron chi connectivity index (χ3n) is 7.92. The largest absolute Gasteiger partial charge is 0.480 e. The number of aliphatic carboxylic acids is 1. The molecule has 4 aromatic rings. The maximum atomic E-state index is 12.9. The lowest BCUT2D eigenvalue weighted by molar-refractivity contribution is -0.139. The van der Waals surface area contributed by atoms with Crippen LogP contribution in [0.4, 0.5) is 17.5 Å². The number of aryl methyl sites for hydroxylation is 1. The minimum Gasteiger partial charge on any atom is -0.480 e. The minimum absolute atomic E-state index is 0.00389. The fraction of sp³-hybridized carbons (Fsp3) is 0.500. The first kappa shape index (κ1) is 38.5. The number of nitrogens with one attached hydrogen (secondary N) is 1. The summed E-state index contributed by atoms with van der Waals surface area (Å²) in [6.45, 7) is 7.38. The molecule has 0 aliphatic heterocycles. The highest BCUT2D eigenvalue weighted by Crippen LogP contribution is 2.19. The van der Waals surface area contributed by atoms with Crippen molar-refractivity contribution in [3.05, 3.63) is 53.6 Å². The van der Waals surface area contributed by atoms with E-state index < -0.39 is 17.9 Å². The SMILES string of the molecule is CC(C)CCOCCc1cn(CCCOCCC(=O)CCC(NC(=O)c2ccc(N(C)Cc3cnc4nc(N)nc(N)c4n3)cc2)C(=O)O)nn1. The number of hydrogen-bond acceptors (Lipinski definition) is 14. The van der Waals surface area contributed by atoms with Crippen molar-refractivity contribution in [2.45, 2.75) is 71.5 Å². The zero-order valence-electron chi connectivity index (χ0n) is 29.3. The van der Waals surface area contributed by atoms with Crippen LogP contribution in [0.15, 0.2) is 36.7 Å². The van der Waals surface area contributed by atoms with Gasteiger partial charge in [0.05, 0.1) is 37.3 Å². The van der Waals surface area contributed by atoms with Crippen LogP contribution >= 0.6 is 0 Å². The normalized spacial score (nSPS) is 11.9. The molecule has 4 rings (SSSR count). The first-order chi connectivity index (χ1) is 24.5. The molecule has 17 nitrogen and oxygen atoms in total. The van der Waals surface area contributed by atoms with Gasteiger partial charge in [0, 0.05) is 63.5 Å². The van der Waals surface area contributed by atoms with Gasteiger partial charge in [-0.1, -0.05) is 19.1 Å². The molecule has 0 fully saturated rings. The summed E-state index contributed by atoms with van der Waals surface area (Å²) in [5, 5.41) is 20.5. The first-order valence-electron chi connectivity index (χ1n) is 16.9. The van der Waals surface area contributed by atoms with Crippen LogP contribution in [0.2, 0.25) is 0 Å². The molecule has 0 radical (unpaired) electrons. The maximum absolute atomic E-state index is 12.9. The molecular formula is C34H47N11O6. The number of carbonyl (C=O) groups excluding carboxylic acids is 2. The van der Waals surface area contributed by atoms with Crippen molar-refractivity contribution < 1.29 is 29.0 Å². The Kier molecular flexibility index (Phi) is 14.5. The van der Waals surface area contributed by atoms with Gasteiger partial charge in [-0.05, 0) is 49.4 Å². The third kappa shape index (κ3) is 12.5. The zero-order chi connectivity index (χ0) is 36.8. The van der Waals surface area contributed by atoms with Crippen LogP contribution < -0.4 is 21.7 Å². The summed E-state index contributed by atoms with van der Waals surface area (Å²) in [5.74, 6) is -1.15. The molecule has 0 bridgehead atoms. The van der Waals surface area contributed by atoms with E-state index in [1.807, 2.05) is 18.1 Å². The summed E-state index contributed by atoms with van der Waals surface area (Å²) >= 11 is 0. The summed E-state index contributed by atoms with van der Waals surface area (Å²) in [7, 11) is 1.84. The van der Waals surface area contributed by atoms with E-state index in [0.717, 1.165) is 24.4 Å². The highest BCUT2D eigenvalue weighted by molar-refractivity contribution is 5.97. The number of ether oxygens (including phenoxy) is 2. The highest BCUT2D eigenvalue weighted by atomic mass is 16.5. The third-order valence-corrected chi connectivity index (χ3v) is 7.92. The van der Waals surface area contributed by atoms with E-state index >= 15 is 0 Å². The number of ketones is 1. The Bertz CT molecular complexity index is 1750. The summed E-state index contributed by atoms with van der Waals surface area (Å²) < 4.78 is 13.0. The highest BCUT2D eigenvalue weighted by Gasteiger charge is 2.22. The molecule has 51 heavy (non-hydrogen) atoms. The van der Waals surface area contributed by atoms with Crippen LogP contribution in [0.1, 0.15) is 67.7 Å². The van der Waals surface area contributed by atoms with Gasteiger partial charge in [0.1, 0.15) is 11.8 Å². The van der Waals surface area contributed by atoms with Crippen LogP contribution in [-0.2, 0) is 38.6 Å². The summed E-state index contributed by atoms with van der Waals surface area (Å²) in [6, 6.07) is 5.43. The number of hydrogen-bond donors (Lipinski definition) is 4. The average molecular weight is 706 g/mol. The monoisotopic (exact) mass is 705 g/mol. The summed E-state index contributed by atoms with van der Waals surface area (Å²) in [6.07, 6.45) is 6.03. The van der Waals surface area contributed by atoms with Crippen molar-refractivity contribution >= 4 is 46.3 Å². The lowest BCUT2D eigenvalue weighted by Crippen LogP contribution is -2.41. The molecule has 0 spiro atoms. The van der Waals surface area contributed by atoms with E-state index in [0.29, 0.717) is 61.9 Å². The van der Waals surface area contributed by atoms with E-state index in [9.17, 15) is 19.5 Å². The second-order valence-corrected chi connectivity index (χ2v) is 12.6. The zero-order valence-corrected chi connectivity index (χ0v) is 29.3. The molecule has 17 heteroatoms. The van der Waals surface area contributed by atoms with E-state index in [-0.39, 0.29) is 49.0 Å². The smallest absolute Gasteiger partial charge is 0.326 e. The summed E-state index contributed by atoms with van der Waals surface area (Å²) in [4.78, 5) is 55.7. The number of benzene rings is 1. The molecule has 274 valence electrons. The predicted octanol–water partition coefficient (Wildman–Crippen LogP) is 2.45. The van der Waals surface area contributed by atoms with Crippen molar-refractivity contribution in [1.29, 1.82) is 0 Å². The van der Waals surface area contributed by atoms with Crippen LogP contribution in [0.5, 0.6) is 0 Å². The maximum Gasteiger partial charge on any atom is 0.326 e. The fourth-order valence-corrected chi connectivity index (χ4v) is 4.97. The molecule has 1 unspecified atom stereocenters. The number of fused-ring (bicyclic) bond motifs is 1. The number of aromatic nitrogens is 7. The molecule has 0 saturated carbocycles. The lowest BCUT2D eigenvalue weighted by Gasteiger charge is -2.19. The number of nitrogens with two attached hydrogens (primary N) is 2. The van der Waals surface area contributed by atoms with E-state index in [1.54, 1.807) is 35.1 Å². The Balaban J connectivity index is 1.12. The van der Waals surface area contributed by atoms with Gasteiger partial charge in [0.25, 0.3) is 5.91 Å². The predicted molar refractivity (Wildman–Crippen MR) is 190 cm³/mol. The van der Waals surface area contributed by atoms with E-state index in [4.69, 9.17) is 20.9 Å². The van der Waals surface area contributed by atoms with Crippen molar-refractivity contribution in [3.8, 4) is 0 Å². The molecule has 1 amide bonds. The van der Waals surface area contributed by atoms with Crippen molar-refractivity contribution in [2.75, 3.05) is 49.8 Å². The second-order valence-electron chi connectivity index (χ2n) is 12.6. The molecule has 6 N–H and O–H groups in total. The van der Waals surface area contributed by atoms with Crippen molar-refractivity contribution in [1.82, 2.24) is 40.2 Å². The number of rotatable bonds is 22. The van der Waals surface area contributed by atoms with Gasteiger partial charge >= 0.3 is 5.97 Å². The topological polar surface area (TPSA) is 239 Å². The minimum atomic E-state index is -1.22. The van der Waals surface area contributed by atoms with Gasteiger partial charge in [-0.3, -0.25) is 14.3 Å². The van der Waals surface area contributed by atoms with Crippen LogP contribution in [0.3, 0.4) is 0 Å². The average Bonchev–Trinajstić information content (AvgIpc) is 3.55. The molecule has 1 atom stereocenters. The quantitative estimate of drug-likeness (QED) is 0.0859. The molecular weight excluding hydrogens is 658 g/mol. The molecule has 0 aliphatic rings. The van der Waals surface area contributed by atoms with E-state index in [2.05, 4.69) is 49.4 Å². The number of nitrogen functional groups attached to an aromatic ring is 2.